The molecular weight excluding hydrogens is 243 g/mol. The second kappa shape index (κ2) is 4.86. The molecule has 0 spiro atoms. The second-order valence-corrected chi connectivity index (χ2v) is 3.37. The number of hydrogen-bond acceptors (Lipinski definition) is 3. The Hall–Kier alpha value is -1.46. The summed E-state index contributed by atoms with van der Waals surface area (Å²) in [6.07, 6.45) is 0. The third-order valence-corrected chi connectivity index (χ3v) is 1.68. The van der Waals surface area contributed by atoms with Gasteiger partial charge in [-0.15, -0.1) is 0 Å². The zero-order chi connectivity index (χ0) is 11.4. The molecule has 0 aliphatic heterocycles. The molecule has 0 radical (unpaired) electrons. The molecule has 0 aliphatic carbocycles. The summed E-state index contributed by atoms with van der Waals surface area (Å²) in [5.74, 6) is -0.648. The van der Waals surface area contributed by atoms with Gasteiger partial charge in [0.05, 0.1) is 4.92 Å². The zero-order valence-corrected chi connectivity index (χ0v) is 8.70. The number of halogens is 2. The zero-order valence-electron chi connectivity index (χ0n) is 7.18. The summed E-state index contributed by atoms with van der Waals surface area (Å²) in [7, 11) is 0. The Bertz CT molecular complexity index is 424. The Morgan fingerprint density at radius 3 is 2.20 bits per heavy atom. The molecule has 78 valence electrons. The number of benzene rings is 1. The number of non-ortho nitro benzene ring substituents is 1. The Morgan fingerprint density at radius 2 is 1.80 bits per heavy atom. The first-order valence-corrected chi connectivity index (χ1v) is 4.45. The number of hydrogen-bond donors (Lipinski definition) is 0. The third-order valence-electron chi connectivity index (χ3n) is 1.51. The van der Waals surface area contributed by atoms with Gasteiger partial charge in [0.1, 0.15) is 0 Å². The maximum Gasteiger partial charge on any atom is 0.279 e. The van der Waals surface area contributed by atoms with Crippen LogP contribution in [-0.4, -0.2) is 15.5 Å². The molecular formula is C8H4Cl2N2O3. The first kappa shape index (κ1) is 11.6. The molecule has 0 unspecified atom stereocenters. The van der Waals surface area contributed by atoms with Crippen molar-refractivity contribution < 1.29 is 9.72 Å². The van der Waals surface area contributed by atoms with Crippen LogP contribution in [-0.2, 0) is 0 Å². The molecule has 1 aromatic carbocycles. The number of carbonyl (C=O) groups excluding carboxylic acids is 1. The van der Waals surface area contributed by atoms with Crippen molar-refractivity contribution in [3.63, 3.8) is 0 Å². The van der Waals surface area contributed by atoms with Crippen molar-refractivity contribution in [2.75, 3.05) is 0 Å². The van der Waals surface area contributed by atoms with Gasteiger partial charge < -0.3 is 0 Å². The number of carbonyl (C=O) groups is 1. The Kier molecular flexibility index (Phi) is 3.76. The largest absolute Gasteiger partial charge is 0.279 e. The van der Waals surface area contributed by atoms with Crippen molar-refractivity contribution in [3.05, 3.63) is 39.9 Å². The summed E-state index contributed by atoms with van der Waals surface area (Å²) in [5, 5.41) is 10.3. The van der Waals surface area contributed by atoms with E-state index in [1.807, 2.05) is 0 Å². The van der Waals surface area contributed by atoms with E-state index >= 15 is 0 Å². The van der Waals surface area contributed by atoms with Gasteiger partial charge in [-0.05, 0) is 35.3 Å². The smallest absolute Gasteiger partial charge is 0.267 e. The number of nitro benzene ring substituents is 1. The summed E-state index contributed by atoms with van der Waals surface area (Å²) >= 11 is 10.4. The standard InChI is InChI=1S/C8H4Cl2N2O3/c9-8(10)11-7(13)5-1-3-6(4-2-5)12(14)15/h1-4H. The molecule has 0 N–H and O–H groups in total. The lowest BCUT2D eigenvalue weighted by Gasteiger charge is -1.94. The fraction of sp³-hybridized carbons (Fsp3) is 0. The molecule has 0 saturated heterocycles. The van der Waals surface area contributed by atoms with Crippen LogP contribution >= 0.6 is 23.2 Å². The van der Waals surface area contributed by atoms with Crippen LogP contribution in [0.5, 0.6) is 0 Å². The molecule has 0 atom stereocenters. The topological polar surface area (TPSA) is 72.6 Å². The van der Waals surface area contributed by atoms with E-state index in [4.69, 9.17) is 23.2 Å². The van der Waals surface area contributed by atoms with E-state index in [1.54, 1.807) is 0 Å². The minimum absolute atomic E-state index is 0.104. The third kappa shape index (κ3) is 3.30. The number of amides is 1. The Morgan fingerprint density at radius 1 is 1.27 bits per heavy atom. The van der Waals surface area contributed by atoms with Crippen LogP contribution in [0.25, 0.3) is 0 Å². The van der Waals surface area contributed by atoms with Crippen molar-refractivity contribution >= 4 is 39.4 Å². The highest BCUT2D eigenvalue weighted by molar-refractivity contribution is 6.95. The van der Waals surface area contributed by atoms with Crippen LogP contribution in [0.1, 0.15) is 10.4 Å². The molecule has 0 heterocycles. The fourth-order valence-corrected chi connectivity index (χ4v) is 1.02. The SMILES string of the molecule is O=C(N=C(Cl)Cl)c1ccc([N+](=O)[O-])cc1. The lowest BCUT2D eigenvalue weighted by atomic mass is 10.2. The molecule has 7 heteroatoms. The van der Waals surface area contributed by atoms with Crippen LogP contribution < -0.4 is 0 Å². The summed E-state index contributed by atoms with van der Waals surface area (Å²) in [6.45, 7) is 0. The quantitative estimate of drug-likeness (QED) is 0.458. The molecule has 1 amide bonds. The number of nitro groups is 1. The first-order valence-electron chi connectivity index (χ1n) is 3.69. The summed E-state index contributed by atoms with van der Waals surface area (Å²) < 4.78 is -0.404. The molecule has 0 saturated carbocycles. The van der Waals surface area contributed by atoms with Crippen molar-refractivity contribution in [1.29, 1.82) is 0 Å². The van der Waals surface area contributed by atoms with Gasteiger partial charge in [-0.3, -0.25) is 14.9 Å². The molecule has 1 aromatic rings. The van der Waals surface area contributed by atoms with Crippen LogP contribution in [0.4, 0.5) is 5.69 Å². The number of aliphatic imine (C=N–C) groups is 1. The highest BCUT2D eigenvalue weighted by Gasteiger charge is 2.08. The minimum Gasteiger partial charge on any atom is -0.267 e. The molecule has 0 aliphatic rings. The Balaban J connectivity index is 2.94. The van der Waals surface area contributed by atoms with Crippen molar-refractivity contribution in [2.45, 2.75) is 0 Å². The molecule has 15 heavy (non-hydrogen) atoms. The first-order chi connectivity index (χ1) is 7.00. The normalized spacial score (nSPS) is 9.47. The predicted octanol–water partition coefficient (Wildman–Crippen LogP) is 2.57. The maximum absolute atomic E-state index is 11.2. The van der Waals surface area contributed by atoms with Crippen LogP contribution in [0, 0.1) is 10.1 Å². The van der Waals surface area contributed by atoms with Crippen LogP contribution in [0.3, 0.4) is 0 Å². The Labute approximate surface area is 94.5 Å². The predicted molar refractivity (Wildman–Crippen MR) is 56.6 cm³/mol. The van der Waals surface area contributed by atoms with Crippen molar-refractivity contribution in [1.82, 2.24) is 0 Å². The van der Waals surface area contributed by atoms with Gasteiger partial charge in [0.25, 0.3) is 11.6 Å². The van der Waals surface area contributed by atoms with Gasteiger partial charge >= 0.3 is 0 Å². The summed E-state index contributed by atoms with van der Waals surface area (Å²) in [4.78, 5) is 24.2. The molecule has 0 bridgehead atoms. The van der Waals surface area contributed by atoms with E-state index in [9.17, 15) is 14.9 Å². The maximum atomic E-state index is 11.2. The van der Waals surface area contributed by atoms with E-state index in [-0.39, 0.29) is 11.3 Å². The molecule has 1 rings (SSSR count). The average Bonchev–Trinajstić information content (AvgIpc) is 2.17. The fourth-order valence-electron chi connectivity index (χ4n) is 0.867. The lowest BCUT2D eigenvalue weighted by molar-refractivity contribution is -0.384. The molecule has 0 fully saturated rings. The molecule has 5 nitrogen and oxygen atoms in total. The van der Waals surface area contributed by atoms with Gasteiger partial charge in [-0.2, -0.15) is 4.99 Å². The number of nitrogens with zero attached hydrogens (tertiary/aromatic N) is 2. The van der Waals surface area contributed by atoms with Crippen LogP contribution in [0.2, 0.25) is 0 Å². The van der Waals surface area contributed by atoms with E-state index in [0.29, 0.717) is 0 Å². The van der Waals surface area contributed by atoms with Gasteiger partial charge in [0.15, 0.2) is 4.63 Å². The van der Waals surface area contributed by atoms with Gasteiger partial charge in [0, 0.05) is 17.7 Å². The van der Waals surface area contributed by atoms with Gasteiger partial charge in [-0.1, -0.05) is 0 Å². The van der Waals surface area contributed by atoms with E-state index < -0.39 is 15.5 Å². The monoisotopic (exact) mass is 246 g/mol. The summed E-state index contributed by atoms with van der Waals surface area (Å²) in [6, 6.07) is 4.96. The highest BCUT2D eigenvalue weighted by Crippen LogP contribution is 2.12. The van der Waals surface area contributed by atoms with Crippen LogP contribution in [0.15, 0.2) is 29.3 Å². The average molecular weight is 247 g/mol. The van der Waals surface area contributed by atoms with E-state index in [2.05, 4.69) is 4.99 Å². The minimum atomic E-state index is -0.648. The highest BCUT2D eigenvalue weighted by atomic mass is 35.5. The van der Waals surface area contributed by atoms with Crippen molar-refractivity contribution in [2.24, 2.45) is 4.99 Å². The lowest BCUT2D eigenvalue weighted by Crippen LogP contribution is -1.96. The summed E-state index contributed by atoms with van der Waals surface area (Å²) in [5.41, 5.74) is 0.0758. The molecule has 0 aromatic heterocycles. The van der Waals surface area contributed by atoms with E-state index in [0.717, 1.165) is 0 Å². The second-order valence-electron chi connectivity index (χ2n) is 2.46. The van der Waals surface area contributed by atoms with E-state index in [1.165, 1.54) is 24.3 Å². The van der Waals surface area contributed by atoms with Crippen molar-refractivity contribution in [3.8, 4) is 0 Å². The number of rotatable bonds is 2. The van der Waals surface area contributed by atoms with Gasteiger partial charge in [0.2, 0.25) is 0 Å². The van der Waals surface area contributed by atoms with Gasteiger partial charge in [-0.25, -0.2) is 0 Å².